The number of fused-ring (bicyclic) bond motifs is 1. The zero-order valence-corrected chi connectivity index (χ0v) is 9.67. The molecule has 0 bridgehead atoms. The van der Waals surface area contributed by atoms with Crippen molar-refractivity contribution in [3.63, 3.8) is 0 Å². The lowest BCUT2D eigenvalue weighted by molar-refractivity contribution is 0.287. The predicted molar refractivity (Wildman–Crippen MR) is 62.8 cm³/mol. The Kier molecular flexibility index (Phi) is 3.07. The van der Waals surface area contributed by atoms with Gasteiger partial charge in [-0.15, -0.1) is 11.8 Å². The average Bonchev–Trinajstić information content (AvgIpc) is 2.27. The fourth-order valence-corrected chi connectivity index (χ4v) is 2.76. The van der Waals surface area contributed by atoms with Gasteiger partial charge in [0.25, 0.3) is 0 Å². The molecule has 1 aromatic rings. The number of nitrogens with one attached hydrogen (secondary N) is 1. The number of benzene rings is 1. The molecule has 1 aromatic carbocycles. The third-order valence-electron chi connectivity index (χ3n) is 2.59. The number of methoxy groups -OCH3 is 1. The molecule has 1 aliphatic rings. The first-order chi connectivity index (χ1) is 7.24. The highest BCUT2D eigenvalue weighted by Gasteiger charge is 2.24. The first kappa shape index (κ1) is 10.6. The van der Waals surface area contributed by atoms with Crippen molar-refractivity contribution in [2.75, 3.05) is 19.0 Å². The Morgan fingerprint density at radius 3 is 3.00 bits per heavy atom. The maximum Gasteiger partial charge on any atom is 0.120 e. The van der Waals surface area contributed by atoms with Gasteiger partial charge >= 0.3 is 0 Å². The van der Waals surface area contributed by atoms with Gasteiger partial charge in [0, 0.05) is 16.6 Å². The van der Waals surface area contributed by atoms with Crippen molar-refractivity contribution in [2.24, 2.45) is 0 Å². The fraction of sp³-hybridized carbons (Fsp3) is 0.455. The van der Waals surface area contributed by atoms with E-state index in [4.69, 9.17) is 4.74 Å². The van der Waals surface area contributed by atoms with E-state index in [1.165, 1.54) is 0 Å². The molecule has 0 aliphatic carbocycles. The Balaban J connectivity index is 2.29. The molecule has 3 nitrogen and oxygen atoms in total. The minimum absolute atomic E-state index is 0.190. The number of aliphatic hydroxyl groups is 1. The summed E-state index contributed by atoms with van der Waals surface area (Å²) in [5, 5.41) is 12.8. The van der Waals surface area contributed by atoms with E-state index < -0.39 is 0 Å². The second-order valence-electron chi connectivity index (χ2n) is 3.63. The molecule has 0 saturated heterocycles. The molecule has 0 spiro atoms. The summed E-state index contributed by atoms with van der Waals surface area (Å²) >= 11 is 1.70. The Morgan fingerprint density at radius 1 is 1.53 bits per heavy atom. The summed E-state index contributed by atoms with van der Waals surface area (Å²) in [6, 6.07) is 6.26. The quantitative estimate of drug-likeness (QED) is 0.807. The van der Waals surface area contributed by atoms with E-state index in [1.807, 2.05) is 18.2 Å². The van der Waals surface area contributed by atoms with Crippen LogP contribution in [-0.4, -0.2) is 30.1 Å². The van der Waals surface area contributed by atoms with Gasteiger partial charge in [-0.25, -0.2) is 0 Å². The van der Waals surface area contributed by atoms with Gasteiger partial charge in [-0.2, -0.15) is 0 Å². The molecule has 1 aliphatic heterocycles. The molecule has 2 unspecified atom stereocenters. The number of ether oxygens (including phenoxy) is 1. The SMILES string of the molecule is COc1ccc2c(c1)SC(CO)C(C)N2. The van der Waals surface area contributed by atoms with Crippen LogP contribution in [0.25, 0.3) is 0 Å². The monoisotopic (exact) mass is 225 g/mol. The number of rotatable bonds is 2. The summed E-state index contributed by atoms with van der Waals surface area (Å²) in [5.74, 6) is 0.856. The van der Waals surface area contributed by atoms with Crippen LogP contribution in [0, 0.1) is 0 Å². The van der Waals surface area contributed by atoms with E-state index in [0.29, 0.717) is 6.04 Å². The number of hydrogen-bond donors (Lipinski definition) is 2. The Morgan fingerprint density at radius 2 is 2.33 bits per heavy atom. The third-order valence-corrected chi connectivity index (χ3v) is 4.04. The van der Waals surface area contributed by atoms with Gasteiger partial charge in [-0.3, -0.25) is 0 Å². The lowest BCUT2D eigenvalue weighted by Crippen LogP contribution is -2.34. The van der Waals surface area contributed by atoms with Crippen molar-refractivity contribution in [1.29, 1.82) is 0 Å². The predicted octanol–water partition coefficient (Wildman–Crippen LogP) is 1.96. The van der Waals surface area contributed by atoms with Gasteiger partial charge < -0.3 is 15.2 Å². The van der Waals surface area contributed by atoms with Crippen LogP contribution in [0.5, 0.6) is 5.75 Å². The number of anilines is 1. The highest BCUT2D eigenvalue weighted by atomic mass is 32.2. The molecule has 15 heavy (non-hydrogen) atoms. The van der Waals surface area contributed by atoms with Crippen LogP contribution < -0.4 is 10.1 Å². The highest BCUT2D eigenvalue weighted by Crippen LogP contribution is 2.39. The molecule has 0 aromatic heterocycles. The van der Waals surface area contributed by atoms with Crippen LogP contribution in [0.4, 0.5) is 5.69 Å². The maximum absolute atomic E-state index is 9.22. The van der Waals surface area contributed by atoms with Crippen LogP contribution in [0.1, 0.15) is 6.92 Å². The molecule has 0 amide bonds. The van der Waals surface area contributed by atoms with Crippen LogP contribution in [0.2, 0.25) is 0 Å². The third kappa shape index (κ3) is 2.06. The second kappa shape index (κ2) is 4.33. The first-order valence-corrected chi connectivity index (χ1v) is 5.84. The molecule has 2 N–H and O–H groups in total. The number of hydrogen-bond acceptors (Lipinski definition) is 4. The van der Waals surface area contributed by atoms with Crippen LogP contribution in [-0.2, 0) is 0 Å². The Hall–Kier alpha value is -0.870. The normalized spacial score (nSPS) is 24.2. The van der Waals surface area contributed by atoms with Crippen LogP contribution in [0.15, 0.2) is 23.1 Å². The van der Waals surface area contributed by atoms with Crippen molar-refractivity contribution < 1.29 is 9.84 Å². The Labute approximate surface area is 93.8 Å². The van der Waals surface area contributed by atoms with Crippen LogP contribution in [0.3, 0.4) is 0 Å². The van der Waals surface area contributed by atoms with Gasteiger partial charge in [0.15, 0.2) is 0 Å². The summed E-state index contributed by atoms with van der Waals surface area (Å²) < 4.78 is 5.17. The molecule has 82 valence electrons. The van der Waals surface area contributed by atoms with Gasteiger partial charge in [-0.05, 0) is 25.1 Å². The molecule has 0 fully saturated rings. The number of aliphatic hydroxyl groups excluding tert-OH is 1. The zero-order valence-electron chi connectivity index (χ0n) is 8.86. The summed E-state index contributed by atoms with van der Waals surface area (Å²) in [6.45, 7) is 2.27. The lowest BCUT2D eigenvalue weighted by atomic mass is 10.2. The minimum Gasteiger partial charge on any atom is -0.497 e. The van der Waals surface area contributed by atoms with Crippen molar-refractivity contribution in [1.82, 2.24) is 0 Å². The summed E-state index contributed by atoms with van der Waals surface area (Å²) in [5.41, 5.74) is 1.12. The minimum atomic E-state index is 0.190. The zero-order chi connectivity index (χ0) is 10.8. The number of thioether (sulfide) groups is 1. The fourth-order valence-electron chi connectivity index (χ4n) is 1.65. The smallest absolute Gasteiger partial charge is 0.120 e. The Bertz CT molecular complexity index is 356. The standard InChI is InChI=1S/C11H15NO2S/c1-7-11(6-13)15-10-5-8(14-2)3-4-9(10)12-7/h3-5,7,11-13H,6H2,1-2H3. The van der Waals surface area contributed by atoms with E-state index >= 15 is 0 Å². The molecule has 0 radical (unpaired) electrons. The summed E-state index contributed by atoms with van der Waals surface area (Å²) in [4.78, 5) is 1.14. The average molecular weight is 225 g/mol. The van der Waals surface area contributed by atoms with Gasteiger partial charge in [-0.1, -0.05) is 0 Å². The van der Waals surface area contributed by atoms with Crippen LogP contribution >= 0.6 is 11.8 Å². The van der Waals surface area contributed by atoms with E-state index in [2.05, 4.69) is 12.2 Å². The largest absolute Gasteiger partial charge is 0.497 e. The summed E-state index contributed by atoms with van der Waals surface area (Å²) in [7, 11) is 1.66. The molecular weight excluding hydrogens is 210 g/mol. The van der Waals surface area contributed by atoms with Crippen molar-refractivity contribution in [2.45, 2.75) is 23.1 Å². The highest BCUT2D eigenvalue weighted by molar-refractivity contribution is 8.00. The molecule has 2 rings (SSSR count). The van der Waals surface area contributed by atoms with Gasteiger partial charge in [0.05, 0.1) is 19.0 Å². The van der Waals surface area contributed by atoms with Gasteiger partial charge in [0.1, 0.15) is 5.75 Å². The second-order valence-corrected chi connectivity index (χ2v) is 4.92. The van der Waals surface area contributed by atoms with Crippen molar-refractivity contribution in [3.05, 3.63) is 18.2 Å². The van der Waals surface area contributed by atoms with E-state index in [1.54, 1.807) is 18.9 Å². The van der Waals surface area contributed by atoms with E-state index in [-0.39, 0.29) is 11.9 Å². The van der Waals surface area contributed by atoms with Crippen molar-refractivity contribution >= 4 is 17.4 Å². The van der Waals surface area contributed by atoms with Gasteiger partial charge in [0.2, 0.25) is 0 Å². The summed E-state index contributed by atoms with van der Waals surface area (Å²) in [6.07, 6.45) is 0. The van der Waals surface area contributed by atoms with Crippen molar-refractivity contribution in [3.8, 4) is 5.75 Å². The molecule has 0 saturated carbocycles. The molecule has 4 heteroatoms. The maximum atomic E-state index is 9.22. The molecular formula is C11H15NO2S. The molecule has 1 heterocycles. The lowest BCUT2D eigenvalue weighted by Gasteiger charge is -2.30. The first-order valence-electron chi connectivity index (χ1n) is 4.96. The van der Waals surface area contributed by atoms with E-state index in [9.17, 15) is 5.11 Å². The molecule has 2 atom stereocenters. The topological polar surface area (TPSA) is 41.5 Å². The van der Waals surface area contributed by atoms with E-state index in [0.717, 1.165) is 16.3 Å².